The highest BCUT2D eigenvalue weighted by Gasteiger charge is 2.57. The van der Waals surface area contributed by atoms with Crippen molar-refractivity contribution in [3.63, 3.8) is 0 Å². The van der Waals surface area contributed by atoms with E-state index < -0.39 is 40.1 Å². The summed E-state index contributed by atoms with van der Waals surface area (Å²) in [5, 5.41) is -2.08. The van der Waals surface area contributed by atoms with Gasteiger partial charge in [-0.25, -0.2) is 17.6 Å². The van der Waals surface area contributed by atoms with Gasteiger partial charge >= 0.3 is 0 Å². The molecule has 4 rings (SSSR count). The third-order valence-electron chi connectivity index (χ3n) is 5.88. The molecular formula is C14H20F4O3S. The Labute approximate surface area is 127 Å². The van der Waals surface area contributed by atoms with Gasteiger partial charge in [0.2, 0.25) is 0 Å². The van der Waals surface area contributed by atoms with Crippen molar-refractivity contribution in [2.45, 2.75) is 56.1 Å². The first-order valence-electron chi connectivity index (χ1n) is 7.71. The van der Waals surface area contributed by atoms with Crippen LogP contribution in [0.3, 0.4) is 0 Å². The molecule has 0 aromatic rings. The molecular weight excluding hydrogens is 324 g/mol. The molecule has 0 aromatic carbocycles. The van der Waals surface area contributed by atoms with Gasteiger partial charge in [-0.05, 0) is 61.7 Å². The Kier molecular flexibility index (Phi) is 4.21. The Hall–Kier alpha value is -0.370. The van der Waals surface area contributed by atoms with Crippen LogP contribution in [0.5, 0.6) is 0 Å². The zero-order valence-electron chi connectivity index (χ0n) is 11.9. The van der Waals surface area contributed by atoms with Crippen LogP contribution in [0.2, 0.25) is 0 Å². The predicted molar refractivity (Wildman–Crippen MR) is 71.7 cm³/mol. The average Bonchev–Trinajstić information content (AvgIpc) is 2.38. The van der Waals surface area contributed by atoms with E-state index in [1.807, 2.05) is 0 Å². The Morgan fingerprint density at radius 3 is 1.64 bits per heavy atom. The van der Waals surface area contributed by atoms with Gasteiger partial charge in [-0.2, -0.15) is 8.42 Å². The third-order valence-corrected chi connectivity index (χ3v) is 7.14. The summed E-state index contributed by atoms with van der Waals surface area (Å²) in [4.78, 5) is 0. The van der Waals surface area contributed by atoms with Crippen LogP contribution in [0.25, 0.3) is 0 Å². The van der Waals surface area contributed by atoms with E-state index in [9.17, 15) is 30.5 Å². The molecule has 0 aromatic heterocycles. The van der Waals surface area contributed by atoms with E-state index in [2.05, 4.69) is 0 Å². The highest BCUT2D eigenvalue weighted by atomic mass is 32.2. The maximum Gasteiger partial charge on any atom is 0.272 e. The fourth-order valence-electron chi connectivity index (χ4n) is 5.40. The highest BCUT2D eigenvalue weighted by Crippen LogP contribution is 2.58. The first kappa shape index (κ1) is 16.5. The molecule has 4 fully saturated rings. The number of hydrogen-bond donors (Lipinski definition) is 1. The van der Waals surface area contributed by atoms with Gasteiger partial charge in [0.05, 0.1) is 0 Å². The third kappa shape index (κ3) is 2.77. The standard InChI is InChI=1S/C14H20F4O3S/c15-11(12(16)14(17)18)13(22(19,20)21)10-8-2-6-1-7(4-8)5-9(10)3-6/h6-14H,1-5H2,(H,19,20,21). The molecule has 0 heterocycles. The van der Waals surface area contributed by atoms with Crippen molar-refractivity contribution in [2.75, 3.05) is 0 Å². The Bertz CT molecular complexity index is 496. The van der Waals surface area contributed by atoms with E-state index in [0.29, 0.717) is 11.8 Å². The summed E-state index contributed by atoms with van der Waals surface area (Å²) in [5.41, 5.74) is 0. The quantitative estimate of drug-likeness (QED) is 0.615. The van der Waals surface area contributed by atoms with Gasteiger partial charge < -0.3 is 0 Å². The van der Waals surface area contributed by atoms with Gasteiger partial charge in [-0.3, -0.25) is 4.55 Å². The minimum absolute atomic E-state index is 0.119. The van der Waals surface area contributed by atoms with Crippen molar-refractivity contribution < 1.29 is 30.5 Å². The van der Waals surface area contributed by atoms with Crippen LogP contribution >= 0.6 is 0 Å². The zero-order chi connectivity index (χ0) is 16.2. The molecule has 22 heavy (non-hydrogen) atoms. The van der Waals surface area contributed by atoms with Crippen LogP contribution in [0, 0.1) is 29.6 Å². The van der Waals surface area contributed by atoms with Crippen molar-refractivity contribution >= 4 is 10.1 Å². The molecule has 8 heteroatoms. The number of hydrogen-bond acceptors (Lipinski definition) is 2. The molecule has 3 atom stereocenters. The second-order valence-corrected chi connectivity index (χ2v) is 8.79. The lowest BCUT2D eigenvalue weighted by atomic mass is 9.51. The lowest BCUT2D eigenvalue weighted by molar-refractivity contribution is -0.0637. The summed E-state index contributed by atoms with van der Waals surface area (Å²) in [6.45, 7) is 0. The number of rotatable bonds is 5. The highest BCUT2D eigenvalue weighted by molar-refractivity contribution is 7.86. The molecule has 3 nitrogen and oxygen atoms in total. The van der Waals surface area contributed by atoms with E-state index in [0.717, 1.165) is 32.1 Å². The second kappa shape index (κ2) is 5.61. The number of alkyl halides is 4. The Balaban J connectivity index is 1.90. The molecule has 3 unspecified atom stereocenters. The lowest BCUT2D eigenvalue weighted by Gasteiger charge is -2.56. The van der Waals surface area contributed by atoms with E-state index in [4.69, 9.17) is 0 Å². The van der Waals surface area contributed by atoms with Gasteiger partial charge in [-0.1, -0.05) is 0 Å². The molecule has 4 bridgehead atoms. The molecule has 4 aliphatic carbocycles. The van der Waals surface area contributed by atoms with Crippen LogP contribution in [0.15, 0.2) is 0 Å². The van der Waals surface area contributed by atoms with Crippen molar-refractivity contribution in [2.24, 2.45) is 29.6 Å². The fourth-order valence-corrected chi connectivity index (χ4v) is 6.72. The van der Waals surface area contributed by atoms with E-state index in [1.54, 1.807) is 0 Å². The second-order valence-electron chi connectivity index (χ2n) is 7.21. The topological polar surface area (TPSA) is 54.4 Å². The van der Waals surface area contributed by atoms with Gasteiger partial charge in [0, 0.05) is 0 Å². The van der Waals surface area contributed by atoms with Crippen LogP contribution in [-0.4, -0.2) is 37.0 Å². The Morgan fingerprint density at radius 2 is 1.27 bits per heavy atom. The maximum atomic E-state index is 14.2. The van der Waals surface area contributed by atoms with E-state index in [1.165, 1.54) is 0 Å². The monoisotopic (exact) mass is 344 g/mol. The molecule has 0 spiro atoms. The van der Waals surface area contributed by atoms with E-state index >= 15 is 0 Å². The molecule has 0 aliphatic heterocycles. The largest absolute Gasteiger partial charge is 0.285 e. The first-order valence-corrected chi connectivity index (χ1v) is 9.21. The SMILES string of the molecule is O=S(=O)(O)C(C(F)C(F)C(F)F)C1C2CC3CC(C2)CC1C3. The van der Waals surface area contributed by atoms with Gasteiger partial charge in [0.15, 0.2) is 12.3 Å². The number of halogens is 4. The Morgan fingerprint density at radius 1 is 0.818 bits per heavy atom. The summed E-state index contributed by atoms with van der Waals surface area (Å²) in [5.74, 6) is -0.0577. The van der Waals surface area contributed by atoms with E-state index in [-0.39, 0.29) is 11.8 Å². The van der Waals surface area contributed by atoms with Gasteiger partial charge in [-0.15, -0.1) is 0 Å². The minimum Gasteiger partial charge on any atom is -0.285 e. The van der Waals surface area contributed by atoms with Crippen LogP contribution < -0.4 is 0 Å². The van der Waals surface area contributed by atoms with Crippen LogP contribution in [0.1, 0.15) is 32.1 Å². The van der Waals surface area contributed by atoms with Gasteiger partial charge in [0.25, 0.3) is 16.5 Å². The molecule has 0 amide bonds. The summed E-state index contributed by atoms with van der Waals surface area (Å²) in [6, 6.07) is 0. The normalized spacial score (nSPS) is 41.6. The summed E-state index contributed by atoms with van der Waals surface area (Å²) < 4.78 is 85.2. The van der Waals surface area contributed by atoms with Crippen LogP contribution in [-0.2, 0) is 10.1 Å². The summed E-state index contributed by atoms with van der Waals surface area (Å²) >= 11 is 0. The lowest BCUT2D eigenvalue weighted by Crippen LogP contribution is -2.55. The minimum atomic E-state index is -4.94. The molecule has 0 radical (unpaired) electrons. The summed E-state index contributed by atoms with van der Waals surface area (Å²) in [6.07, 6.45) is -5.70. The predicted octanol–water partition coefficient (Wildman–Crippen LogP) is 3.26. The maximum absolute atomic E-state index is 14.2. The zero-order valence-corrected chi connectivity index (χ0v) is 12.7. The van der Waals surface area contributed by atoms with Crippen molar-refractivity contribution in [3.05, 3.63) is 0 Å². The first-order chi connectivity index (χ1) is 10.2. The molecule has 0 saturated heterocycles. The van der Waals surface area contributed by atoms with Crippen molar-refractivity contribution in [1.29, 1.82) is 0 Å². The van der Waals surface area contributed by atoms with Crippen molar-refractivity contribution in [1.82, 2.24) is 0 Å². The van der Waals surface area contributed by atoms with Gasteiger partial charge in [0.1, 0.15) is 5.25 Å². The molecule has 4 aliphatic rings. The average molecular weight is 344 g/mol. The molecule has 4 saturated carbocycles. The summed E-state index contributed by atoms with van der Waals surface area (Å²) in [7, 11) is -4.94. The van der Waals surface area contributed by atoms with Crippen molar-refractivity contribution in [3.8, 4) is 0 Å². The fraction of sp³-hybridized carbons (Fsp3) is 1.00. The molecule has 128 valence electrons. The molecule has 1 N–H and O–H groups in total. The van der Waals surface area contributed by atoms with Crippen LogP contribution in [0.4, 0.5) is 17.6 Å². The smallest absolute Gasteiger partial charge is 0.272 e.